The Labute approximate surface area is 432 Å². The minimum atomic E-state index is -0.939. The SMILES string of the molecule is CCc1c(F)ccc2cc(C(C)C)cc(-c3ncc4c(N5CCC[C@@](C)(O)C5)nc(OCC5(CN6CCC7(CC6)CC(N6CCC(c8ccc9c(c8)CN(C8CCC(=O)NC8=O)C9=O)CC6)C7)CC5)nc4c3F)c12. The number of aromatic nitrogens is 3. The summed E-state index contributed by atoms with van der Waals surface area (Å²) in [6.45, 7) is 15.0. The van der Waals surface area contributed by atoms with Gasteiger partial charge in [-0.05, 0) is 179 Å². The van der Waals surface area contributed by atoms with Crippen LogP contribution in [-0.4, -0.2) is 123 Å². The van der Waals surface area contributed by atoms with Crippen molar-refractivity contribution in [3.63, 3.8) is 0 Å². The van der Waals surface area contributed by atoms with Gasteiger partial charge in [-0.25, -0.2) is 8.78 Å². The molecule has 0 bridgehead atoms. The lowest BCUT2D eigenvalue weighted by atomic mass is 9.59. The molecule has 4 saturated heterocycles. The number of likely N-dealkylation sites (tertiary alicyclic amines) is 2. The van der Waals surface area contributed by atoms with Crippen molar-refractivity contribution >= 4 is 45.2 Å². The third kappa shape index (κ3) is 9.11. The highest BCUT2D eigenvalue weighted by Gasteiger charge is 2.51. The molecule has 2 aromatic heterocycles. The number of carbonyl (C=O) groups is 3. The number of amides is 3. The number of aryl methyl sites for hydroxylation is 1. The average molecular weight is 1010 g/mol. The maximum Gasteiger partial charge on any atom is 0.319 e. The molecule has 2 N–H and O–H groups in total. The zero-order valence-electron chi connectivity index (χ0n) is 43.5. The van der Waals surface area contributed by atoms with E-state index >= 15 is 8.78 Å². The third-order valence-corrected chi connectivity index (χ3v) is 18.4. The first-order chi connectivity index (χ1) is 35.6. The summed E-state index contributed by atoms with van der Waals surface area (Å²) in [6.07, 6.45) is 13.3. The molecule has 7 aliphatic rings. The molecule has 12 rings (SSSR count). The topological polar surface area (TPSA) is 144 Å². The molecule has 390 valence electrons. The highest BCUT2D eigenvalue weighted by atomic mass is 19.1. The maximum atomic E-state index is 17.4. The van der Waals surface area contributed by atoms with E-state index in [0.717, 1.165) is 81.3 Å². The number of carbonyl (C=O) groups excluding carboxylic acids is 3. The second-order valence-electron chi connectivity index (χ2n) is 24.0. The number of hydrogen-bond acceptors (Lipinski definition) is 11. The van der Waals surface area contributed by atoms with Gasteiger partial charge in [0.25, 0.3) is 5.91 Å². The summed E-state index contributed by atoms with van der Waals surface area (Å²) >= 11 is 0. The van der Waals surface area contributed by atoms with Crippen LogP contribution in [-0.2, 0) is 22.6 Å². The molecule has 3 aromatic carbocycles. The van der Waals surface area contributed by atoms with Gasteiger partial charge in [-0.3, -0.25) is 24.7 Å². The van der Waals surface area contributed by atoms with E-state index in [9.17, 15) is 19.5 Å². The molecule has 15 heteroatoms. The Morgan fingerprint density at radius 2 is 1.69 bits per heavy atom. The average Bonchev–Trinajstić information content (AvgIpc) is 4.07. The van der Waals surface area contributed by atoms with E-state index in [0.29, 0.717) is 96.2 Å². The highest BCUT2D eigenvalue weighted by Crippen LogP contribution is 2.54. The molecule has 13 nitrogen and oxygen atoms in total. The number of rotatable bonds is 12. The van der Waals surface area contributed by atoms with Crippen LogP contribution >= 0.6 is 0 Å². The van der Waals surface area contributed by atoms with Crippen molar-refractivity contribution in [3.05, 3.63) is 88.1 Å². The number of nitrogens with one attached hydrogen (secondary N) is 1. The predicted octanol–water partition coefficient (Wildman–Crippen LogP) is 9.20. The van der Waals surface area contributed by atoms with Gasteiger partial charge in [0.05, 0.1) is 17.6 Å². The van der Waals surface area contributed by atoms with Crippen molar-refractivity contribution in [2.24, 2.45) is 10.8 Å². The van der Waals surface area contributed by atoms with Crippen LogP contribution in [0.3, 0.4) is 0 Å². The predicted molar refractivity (Wildman–Crippen MR) is 280 cm³/mol. The molecule has 1 spiro atoms. The van der Waals surface area contributed by atoms with Gasteiger partial charge >= 0.3 is 6.01 Å². The minimum absolute atomic E-state index is 0.0235. The van der Waals surface area contributed by atoms with E-state index in [2.05, 4.69) is 47.2 Å². The van der Waals surface area contributed by atoms with Crippen LogP contribution in [0, 0.1) is 22.5 Å². The summed E-state index contributed by atoms with van der Waals surface area (Å²) in [5.41, 5.74) is 4.68. The molecule has 5 aliphatic heterocycles. The van der Waals surface area contributed by atoms with Crippen LogP contribution in [0.15, 0.2) is 48.7 Å². The lowest BCUT2D eigenvalue weighted by molar-refractivity contribution is -0.136. The van der Waals surface area contributed by atoms with E-state index in [1.807, 2.05) is 30.9 Å². The molecule has 2 aliphatic carbocycles. The summed E-state index contributed by atoms with van der Waals surface area (Å²) in [7, 11) is 0. The Morgan fingerprint density at radius 3 is 2.41 bits per heavy atom. The number of hydrogen-bond donors (Lipinski definition) is 2. The summed E-state index contributed by atoms with van der Waals surface area (Å²) in [4.78, 5) is 61.1. The van der Waals surface area contributed by atoms with Crippen molar-refractivity contribution in [1.82, 2.24) is 35.0 Å². The Hall–Kier alpha value is -5.64. The van der Waals surface area contributed by atoms with Crippen molar-refractivity contribution in [1.29, 1.82) is 0 Å². The fourth-order valence-corrected chi connectivity index (χ4v) is 13.8. The molecular formula is C59H70F2N8O5. The monoisotopic (exact) mass is 1010 g/mol. The van der Waals surface area contributed by atoms with Crippen LogP contribution in [0.2, 0.25) is 0 Å². The molecule has 0 radical (unpaired) electrons. The number of β-amino-alcohol motifs (C(OH)–C–C–N with tert-alkyl or cyclic N) is 1. The molecule has 2 atom stereocenters. The normalized spacial score (nSPS) is 24.5. The van der Waals surface area contributed by atoms with E-state index in [-0.39, 0.29) is 58.5 Å². The molecule has 74 heavy (non-hydrogen) atoms. The Bertz CT molecular complexity index is 3060. The Morgan fingerprint density at radius 1 is 0.905 bits per heavy atom. The van der Waals surface area contributed by atoms with E-state index in [1.165, 1.54) is 37.3 Å². The van der Waals surface area contributed by atoms with Crippen LogP contribution in [0.4, 0.5) is 14.6 Å². The summed E-state index contributed by atoms with van der Waals surface area (Å²) in [5, 5.41) is 15.5. The number of imide groups is 1. The largest absolute Gasteiger partial charge is 0.463 e. The quantitative estimate of drug-likeness (QED) is 0.116. The maximum absolute atomic E-state index is 17.4. The molecule has 6 fully saturated rings. The van der Waals surface area contributed by atoms with Gasteiger partial charge in [0.1, 0.15) is 28.9 Å². The van der Waals surface area contributed by atoms with Crippen LogP contribution in [0.5, 0.6) is 6.01 Å². The Balaban J connectivity index is 0.686. The number of ether oxygens (including phenoxy) is 1. The minimum Gasteiger partial charge on any atom is -0.463 e. The van der Waals surface area contributed by atoms with Gasteiger partial charge in [0, 0.05) is 61.4 Å². The number of pyridine rings is 1. The summed E-state index contributed by atoms with van der Waals surface area (Å²) < 4.78 is 39.4. The fraction of sp³-hybridized carbons (Fsp3) is 0.559. The molecule has 5 aromatic rings. The number of anilines is 1. The van der Waals surface area contributed by atoms with E-state index in [4.69, 9.17) is 19.7 Å². The summed E-state index contributed by atoms with van der Waals surface area (Å²) in [5.74, 6) is -0.601. The number of piperidine rings is 4. The first-order valence-electron chi connectivity index (χ1n) is 27.5. The highest BCUT2D eigenvalue weighted by molar-refractivity contribution is 6.05. The second-order valence-corrected chi connectivity index (χ2v) is 24.0. The van der Waals surface area contributed by atoms with Gasteiger partial charge in [-0.1, -0.05) is 45.0 Å². The zero-order valence-corrected chi connectivity index (χ0v) is 43.5. The first-order valence-corrected chi connectivity index (χ1v) is 27.5. The van der Waals surface area contributed by atoms with Gasteiger partial charge < -0.3 is 29.4 Å². The fourth-order valence-electron chi connectivity index (χ4n) is 13.8. The number of halogens is 2. The molecule has 7 heterocycles. The van der Waals surface area contributed by atoms with Gasteiger partial charge in [-0.2, -0.15) is 9.97 Å². The van der Waals surface area contributed by atoms with Gasteiger partial charge in [0.15, 0.2) is 5.82 Å². The molecular weight excluding hydrogens is 939 g/mol. The third-order valence-electron chi connectivity index (χ3n) is 18.4. The molecule has 2 saturated carbocycles. The van der Waals surface area contributed by atoms with Crippen molar-refractivity contribution < 1.29 is 33.0 Å². The lowest BCUT2D eigenvalue weighted by Crippen LogP contribution is -2.56. The van der Waals surface area contributed by atoms with Crippen molar-refractivity contribution in [2.45, 2.75) is 147 Å². The Kier molecular flexibility index (Phi) is 12.6. The molecule has 1 unspecified atom stereocenters. The number of aliphatic hydroxyl groups is 1. The standard InChI is InChI=1S/C59H70F2N8O5/c1-5-42-46(60)10-8-38-26-39(35(2)3)27-44(49(38)42)51-50(61)52-45(30-62-51)53(68-20-6-15-57(4,73)32-68)65-56(64-52)74-34-59(16-17-59)33-66-23-18-58(19-24-66)28-41(29-58)67-21-13-36(14-22-67)37-7-9-43-40(25-37)31-69(55(43)72)47-11-12-48(70)63-54(47)71/h7-10,25-27,30,35-36,41,47,73H,5-6,11-24,28-29,31-34H2,1-4H3,(H,63,70,71)/t47?,57-/m1/s1. The first kappa shape index (κ1) is 49.2. The van der Waals surface area contributed by atoms with Crippen molar-refractivity contribution in [3.8, 4) is 17.3 Å². The number of nitrogens with zero attached hydrogens (tertiary/aromatic N) is 7. The van der Waals surface area contributed by atoms with Crippen molar-refractivity contribution in [2.75, 3.05) is 57.3 Å². The zero-order chi connectivity index (χ0) is 51.3. The smallest absolute Gasteiger partial charge is 0.319 e. The summed E-state index contributed by atoms with van der Waals surface area (Å²) in [6, 6.07) is 13.7. The van der Waals surface area contributed by atoms with Gasteiger partial charge in [0.2, 0.25) is 11.8 Å². The number of fused-ring (bicyclic) bond motifs is 3. The lowest BCUT2D eigenvalue weighted by Gasteiger charge is -2.56. The number of benzene rings is 3. The van der Waals surface area contributed by atoms with Gasteiger partial charge in [-0.15, -0.1) is 0 Å². The van der Waals surface area contributed by atoms with Crippen LogP contribution in [0.1, 0.15) is 149 Å². The second kappa shape index (κ2) is 18.9. The van der Waals surface area contributed by atoms with E-state index < -0.39 is 17.5 Å². The molecule has 3 amide bonds. The van der Waals surface area contributed by atoms with E-state index in [1.54, 1.807) is 17.2 Å². The van der Waals surface area contributed by atoms with Crippen LogP contribution in [0.25, 0.3) is 32.9 Å². The van der Waals surface area contributed by atoms with Crippen LogP contribution < -0.4 is 15.0 Å².